The molecule has 0 aliphatic rings. The van der Waals surface area contributed by atoms with Crippen LogP contribution >= 0.6 is 0 Å². The largest absolute Gasteiger partial charge is 0.508 e. The molecule has 0 aliphatic heterocycles. The Hall–Kier alpha value is -2.28. The number of phenolic OH excluding ortho intramolecular Hbond substituents is 1. The van der Waals surface area contributed by atoms with Gasteiger partial charge in [0, 0.05) is 0 Å². The lowest BCUT2D eigenvalue weighted by atomic mass is 9.99. The summed E-state index contributed by atoms with van der Waals surface area (Å²) in [5.41, 5.74) is 2.70. The molecular weight excluding hydrogens is 244 g/mol. The van der Waals surface area contributed by atoms with Gasteiger partial charge in [0.2, 0.25) is 0 Å². The van der Waals surface area contributed by atoms with Crippen LogP contribution in [0.25, 0.3) is 10.8 Å². The van der Waals surface area contributed by atoms with Crippen molar-refractivity contribution in [3.8, 4) is 5.75 Å². The minimum absolute atomic E-state index is 0.336. The van der Waals surface area contributed by atoms with Gasteiger partial charge in [0.05, 0.1) is 0 Å². The molecule has 0 aromatic heterocycles. The average molecular weight is 262 g/mol. The van der Waals surface area contributed by atoms with Gasteiger partial charge in [-0.2, -0.15) is 0 Å². The normalized spacial score (nSPS) is 10.8. The molecule has 0 spiro atoms. The Labute approximate surface area is 119 Å². The van der Waals surface area contributed by atoms with Crippen molar-refractivity contribution in [2.24, 2.45) is 0 Å². The van der Waals surface area contributed by atoms with E-state index in [1.165, 1.54) is 21.9 Å². The number of hydrogen-bond donors (Lipinski definition) is 1. The maximum absolute atomic E-state index is 9.28. The molecule has 3 aromatic rings. The van der Waals surface area contributed by atoms with E-state index >= 15 is 0 Å². The lowest BCUT2D eigenvalue weighted by molar-refractivity contribution is 0.475. The summed E-state index contributed by atoms with van der Waals surface area (Å²) in [5, 5.41) is 12.0. The predicted molar refractivity (Wildman–Crippen MR) is 84.1 cm³/mol. The molecule has 1 heteroatoms. The summed E-state index contributed by atoms with van der Waals surface area (Å²) in [5.74, 6) is 0.336. The fraction of sp³-hybridized carbons (Fsp3) is 0.158. The van der Waals surface area contributed by atoms with Gasteiger partial charge in [-0.25, -0.2) is 0 Å². The zero-order valence-corrected chi connectivity index (χ0v) is 11.4. The van der Waals surface area contributed by atoms with E-state index in [9.17, 15) is 5.11 Å². The van der Waals surface area contributed by atoms with E-state index in [1.807, 2.05) is 12.1 Å². The third-order valence-corrected chi connectivity index (χ3v) is 3.73. The fourth-order valence-electron chi connectivity index (χ4n) is 2.66. The summed E-state index contributed by atoms with van der Waals surface area (Å²) in [7, 11) is 0. The van der Waals surface area contributed by atoms with E-state index in [4.69, 9.17) is 0 Å². The van der Waals surface area contributed by atoms with Crippen LogP contribution in [0.5, 0.6) is 5.75 Å². The van der Waals surface area contributed by atoms with Crippen LogP contribution in [0.1, 0.15) is 17.5 Å². The van der Waals surface area contributed by atoms with E-state index in [2.05, 4.69) is 42.5 Å². The second-order valence-corrected chi connectivity index (χ2v) is 5.16. The molecule has 0 saturated heterocycles. The number of aryl methyl sites for hydroxylation is 2. The number of rotatable bonds is 4. The quantitative estimate of drug-likeness (QED) is 0.721. The minimum Gasteiger partial charge on any atom is -0.508 e. The summed E-state index contributed by atoms with van der Waals surface area (Å²) in [6, 6.07) is 22.6. The second kappa shape index (κ2) is 5.79. The molecule has 0 atom stereocenters. The molecule has 20 heavy (non-hydrogen) atoms. The van der Waals surface area contributed by atoms with E-state index < -0.39 is 0 Å². The molecule has 0 radical (unpaired) electrons. The zero-order valence-electron chi connectivity index (χ0n) is 11.4. The highest BCUT2D eigenvalue weighted by Gasteiger charge is 2.01. The zero-order chi connectivity index (χ0) is 13.8. The SMILES string of the molecule is Oc1ccc(CCCc2cccc3ccccc23)cc1. The smallest absolute Gasteiger partial charge is 0.115 e. The fourth-order valence-corrected chi connectivity index (χ4v) is 2.66. The highest BCUT2D eigenvalue weighted by Crippen LogP contribution is 2.20. The Kier molecular flexibility index (Phi) is 3.69. The van der Waals surface area contributed by atoms with Crippen LogP contribution in [0, 0.1) is 0 Å². The Balaban J connectivity index is 1.69. The third-order valence-electron chi connectivity index (χ3n) is 3.73. The van der Waals surface area contributed by atoms with Crippen molar-refractivity contribution >= 4 is 10.8 Å². The standard InChI is InChI=1S/C19H18O/c20-18-13-11-15(12-14-18)5-3-7-17-9-4-8-16-6-1-2-10-19(16)17/h1-2,4,6,8-14,20H,3,5,7H2. The molecule has 3 aromatic carbocycles. The highest BCUT2D eigenvalue weighted by molar-refractivity contribution is 5.85. The van der Waals surface area contributed by atoms with Crippen molar-refractivity contribution in [2.45, 2.75) is 19.3 Å². The molecule has 0 saturated carbocycles. The van der Waals surface area contributed by atoms with Crippen molar-refractivity contribution in [3.05, 3.63) is 77.9 Å². The average Bonchev–Trinajstić information content (AvgIpc) is 2.49. The number of aromatic hydroxyl groups is 1. The summed E-state index contributed by atoms with van der Waals surface area (Å²) < 4.78 is 0. The number of hydrogen-bond acceptors (Lipinski definition) is 1. The van der Waals surface area contributed by atoms with Gasteiger partial charge < -0.3 is 5.11 Å². The first-order valence-corrected chi connectivity index (χ1v) is 7.07. The minimum atomic E-state index is 0.336. The first-order chi connectivity index (χ1) is 9.83. The molecule has 100 valence electrons. The van der Waals surface area contributed by atoms with Gasteiger partial charge in [0.25, 0.3) is 0 Å². The first-order valence-electron chi connectivity index (χ1n) is 7.07. The van der Waals surface area contributed by atoms with Crippen molar-refractivity contribution < 1.29 is 5.11 Å². The number of fused-ring (bicyclic) bond motifs is 1. The third kappa shape index (κ3) is 2.83. The molecule has 0 aliphatic carbocycles. The topological polar surface area (TPSA) is 20.2 Å². The first kappa shape index (κ1) is 12.7. The van der Waals surface area contributed by atoms with Crippen molar-refractivity contribution in [1.82, 2.24) is 0 Å². The van der Waals surface area contributed by atoms with E-state index in [1.54, 1.807) is 12.1 Å². The second-order valence-electron chi connectivity index (χ2n) is 5.16. The van der Waals surface area contributed by atoms with Gasteiger partial charge >= 0.3 is 0 Å². The van der Waals surface area contributed by atoms with Crippen LogP contribution in [0.15, 0.2) is 66.7 Å². The monoisotopic (exact) mass is 262 g/mol. The molecule has 0 bridgehead atoms. The Bertz CT molecular complexity index is 693. The lowest BCUT2D eigenvalue weighted by Crippen LogP contribution is -1.91. The van der Waals surface area contributed by atoms with Crippen molar-refractivity contribution in [3.63, 3.8) is 0 Å². The van der Waals surface area contributed by atoms with Gasteiger partial charge in [-0.15, -0.1) is 0 Å². The molecule has 0 fully saturated rings. The van der Waals surface area contributed by atoms with E-state index in [0.29, 0.717) is 5.75 Å². The Morgan fingerprint density at radius 3 is 2.30 bits per heavy atom. The van der Waals surface area contributed by atoms with Gasteiger partial charge in [-0.1, -0.05) is 54.6 Å². The van der Waals surface area contributed by atoms with Crippen LogP contribution in [0.3, 0.4) is 0 Å². The van der Waals surface area contributed by atoms with Gasteiger partial charge in [-0.3, -0.25) is 0 Å². The Morgan fingerprint density at radius 2 is 1.45 bits per heavy atom. The molecule has 1 nitrogen and oxygen atoms in total. The van der Waals surface area contributed by atoms with Crippen LogP contribution < -0.4 is 0 Å². The molecule has 0 heterocycles. The lowest BCUT2D eigenvalue weighted by Gasteiger charge is -2.07. The van der Waals surface area contributed by atoms with Gasteiger partial charge in [0.15, 0.2) is 0 Å². The highest BCUT2D eigenvalue weighted by atomic mass is 16.3. The molecule has 0 unspecified atom stereocenters. The van der Waals surface area contributed by atoms with Crippen LogP contribution in [-0.2, 0) is 12.8 Å². The molecular formula is C19H18O. The van der Waals surface area contributed by atoms with Crippen molar-refractivity contribution in [1.29, 1.82) is 0 Å². The Morgan fingerprint density at radius 1 is 0.700 bits per heavy atom. The maximum atomic E-state index is 9.28. The van der Waals surface area contributed by atoms with Crippen LogP contribution in [0.4, 0.5) is 0 Å². The van der Waals surface area contributed by atoms with E-state index in [-0.39, 0.29) is 0 Å². The summed E-state index contributed by atoms with van der Waals surface area (Å²) >= 11 is 0. The molecule has 3 rings (SSSR count). The van der Waals surface area contributed by atoms with Crippen LogP contribution in [0.2, 0.25) is 0 Å². The summed E-state index contributed by atoms with van der Waals surface area (Å²) in [6.07, 6.45) is 3.25. The number of benzene rings is 3. The summed E-state index contributed by atoms with van der Waals surface area (Å²) in [4.78, 5) is 0. The molecule has 0 amide bonds. The van der Waals surface area contributed by atoms with Gasteiger partial charge in [-0.05, 0) is 53.3 Å². The van der Waals surface area contributed by atoms with Crippen molar-refractivity contribution in [2.75, 3.05) is 0 Å². The number of phenols is 1. The predicted octanol–water partition coefficient (Wildman–Crippen LogP) is 4.72. The van der Waals surface area contributed by atoms with Crippen LogP contribution in [-0.4, -0.2) is 5.11 Å². The maximum Gasteiger partial charge on any atom is 0.115 e. The molecule has 1 N–H and O–H groups in total. The summed E-state index contributed by atoms with van der Waals surface area (Å²) in [6.45, 7) is 0. The van der Waals surface area contributed by atoms with E-state index in [0.717, 1.165) is 19.3 Å². The van der Waals surface area contributed by atoms with Gasteiger partial charge in [0.1, 0.15) is 5.75 Å².